The Kier molecular flexibility index (Phi) is 18.0. The molecular formula is C12H30O11Si12. The van der Waals surface area contributed by atoms with E-state index in [4.69, 9.17) is 4.12 Å². The van der Waals surface area contributed by atoms with Crippen molar-refractivity contribution in [3.05, 3.63) is 12.7 Å². The Morgan fingerprint density at radius 3 is 1.29 bits per heavy atom. The monoisotopic (exact) mass is 686 g/mol. The van der Waals surface area contributed by atoms with Crippen LogP contribution in [0.25, 0.3) is 0 Å². The topological polar surface area (TPSA) is 180 Å². The molecule has 0 saturated heterocycles. The second-order valence-corrected chi connectivity index (χ2v) is 68.0. The minimum atomic E-state index is -3.83. The fourth-order valence-corrected chi connectivity index (χ4v) is 121. The Hall–Kier alpha value is 0.143. The van der Waals surface area contributed by atoms with E-state index in [2.05, 4.69) is 6.58 Å². The summed E-state index contributed by atoms with van der Waals surface area (Å²) in [5, 5.41) is 0. The Balaban J connectivity index is 0. The molecule has 0 amide bonds. The first-order valence-corrected chi connectivity index (χ1v) is 41.1. The third kappa shape index (κ3) is 13.0. The van der Waals surface area contributed by atoms with Gasteiger partial charge >= 0.3 is 77.9 Å². The van der Waals surface area contributed by atoms with Crippen LogP contribution in [0, 0.1) is 0 Å². The lowest BCUT2D eigenvalue weighted by Crippen LogP contribution is -2.56. The van der Waals surface area contributed by atoms with E-state index >= 15 is 0 Å². The highest BCUT2D eigenvalue weighted by Gasteiger charge is 2.53. The average molecular weight is 687 g/mol. The van der Waals surface area contributed by atoms with Crippen molar-refractivity contribution in [2.45, 2.75) is 65.5 Å². The van der Waals surface area contributed by atoms with E-state index in [1.807, 2.05) is 13.8 Å². The van der Waals surface area contributed by atoms with Gasteiger partial charge in [0.2, 0.25) is 8.32 Å². The van der Waals surface area contributed by atoms with E-state index in [1.165, 1.54) is 0 Å². The van der Waals surface area contributed by atoms with Gasteiger partial charge in [0, 0.05) is 0 Å². The SMILES string of the molecule is C=CC.CCCC[Si](C)(C)[Si](=O)[Si](=O)[Si](=O)[Si](=O)[Si](=O)[Si](=O)[Si](=O)[Si](=O)[Si](=O)[Si](=O)O[Si](C)(C)C. The highest BCUT2D eigenvalue weighted by molar-refractivity contribution is 7.78. The van der Waals surface area contributed by atoms with Gasteiger partial charge in [0.15, 0.2) is 0 Å². The number of rotatable bonds is 15. The summed E-state index contributed by atoms with van der Waals surface area (Å²) >= 11 is 0. The molecule has 23 heteroatoms. The zero-order valence-electron chi connectivity index (χ0n) is 20.9. The largest absolute Gasteiger partial charge is 0.578 e. The summed E-state index contributed by atoms with van der Waals surface area (Å²) in [4.78, 5) is 0. The molecule has 0 heterocycles. The van der Waals surface area contributed by atoms with Gasteiger partial charge in [0.05, 0.1) is 0 Å². The zero-order valence-corrected chi connectivity index (χ0v) is 32.9. The van der Waals surface area contributed by atoms with Gasteiger partial charge < -0.3 is 48.7 Å². The maximum absolute atomic E-state index is 12.7. The summed E-state index contributed by atoms with van der Waals surface area (Å²) in [6.45, 7) is 15.5. The van der Waals surface area contributed by atoms with Gasteiger partial charge in [-0.25, -0.2) is 0 Å². The highest BCUT2D eigenvalue weighted by Crippen LogP contribution is 2.14. The van der Waals surface area contributed by atoms with Crippen molar-refractivity contribution >= 4 is 93.8 Å². The molecule has 0 saturated carbocycles. The molecule has 0 unspecified atom stereocenters. The fourth-order valence-electron chi connectivity index (χ4n) is 2.18. The predicted octanol–water partition coefficient (Wildman–Crippen LogP) is 0.0394. The van der Waals surface area contributed by atoms with Crippen LogP contribution in [0.4, 0.5) is 0 Å². The lowest BCUT2D eigenvalue weighted by Gasteiger charge is -2.16. The van der Waals surface area contributed by atoms with Crippen LogP contribution in [-0.2, 0) is 48.7 Å². The fraction of sp³-hybridized carbons (Fsp3) is 0.833. The predicted molar refractivity (Wildman–Crippen MR) is 142 cm³/mol. The summed E-state index contributed by atoms with van der Waals surface area (Å²) in [6, 6.07) is 0.572. The summed E-state index contributed by atoms with van der Waals surface area (Å²) in [6.07, 6.45) is 3.31. The molecule has 0 fully saturated rings. The van der Waals surface area contributed by atoms with Crippen LogP contribution in [0.2, 0.25) is 38.8 Å². The first kappa shape index (κ1) is 37.3. The van der Waals surface area contributed by atoms with Crippen molar-refractivity contribution in [3.63, 3.8) is 0 Å². The first-order valence-electron chi connectivity index (χ1n) is 10.5. The molecule has 35 heavy (non-hydrogen) atoms. The van der Waals surface area contributed by atoms with E-state index < -0.39 is 93.8 Å². The Bertz CT molecular complexity index is 996. The van der Waals surface area contributed by atoms with Crippen molar-refractivity contribution in [1.29, 1.82) is 0 Å². The molecule has 0 spiro atoms. The molecule has 11 nitrogen and oxygen atoms in total. The van der Waals surface area contributed by atoms with E-state index in [1.54, 1.807) is 38.8 Å². The number of hydrogen-bond acceptors (Lipinski definition) is 11. The van der Waals surface area contributed by atoms with Crippen molar-refractivity contribution < 1.29 is 48.7 Å². The van der Waals surface area contributed by atoms with E-state index in [-0.39, 0.29) is 0 Å². The Morgan fingerprint density at radius 2 is 0.971 bits per heavy atom. The van der Waals surface area contributed by atoms with Gasteiger partial charge in [-0.3, -0.25) is 0 Å². The standard InChI is InChI=1S/C9H24O11Si12.C3H6/c1-7-8-9-32(5,6)30(19)29(18)28(17)27(16)26(15)25(14)24(13)23(12)22(11)21(10)20-31(2,3)4;1-3-2/h7-9H2,1-6H3;3H,1H2,2H3. The normalized spacial score (nSPS) is 10.6. The van der Waals surface area contributed by atoms with Gasteiger partial charge in [-0.05, 0) is 26.6 Å². The third-order valence-corrected chi connectivity index (χ3v) is 88.7. The van der Waals surface area contributed by atoms with Crippen LogP contribution in [0.5, 0.6) is 0 Å². The molecule has 0 aromatic carbocycles. The summed E-state index contributed by atoms with van der Waals surface area (Å²) in [5.74, 6) is 0. The van der Waals surface area contributed by atoms with Crippen LogP contribution in [-0.4, -0.2) is 93.8 Å². The maximum Gasteiger partial charge on any atom is 0.532 e. The smallest absolute Gasteiger partial charge is 0.532 e. The quantitative estimate of drug-likeness (QED) is 0.168. The van der Waals surface area contributed by atoms with Gasteiger partial charge in [0.1, 0.15) is 7.59 Å². The summed E-state index contributed by atoms with van der Waals surface area (Å²) < 4.78 is 129. The molecule has 0 aliphatic heterocycles. The lowest BCUT2D eigenvalue weighted by molar-refractivity contribution is 0.462. The molecule has 0 atom stereocenters. The molecule has 0 aromatic heterocycles. The van der Waals surface area contributed by atoms with Crippen LogP contribution >= 0.6 is 0 Å². The number of unbranched alkanes of at least 4 members (excludes halogenated alkanes) is 1. The second-order valence-electron chi connectivity index (χ2n) is 8.86. The van der Waals surface area contributed by atoms with E-state index in [0.717, 1.165) is 12.8 Å². The molecule has 192 valence electrons. The van der Waals surface area contributed by atoms with Crippen LogP contribution in [0.1, 0.15) is 26.7 Å². The maximum atomic E-state index is 12.7. The molecule has 0 aliphatic carbocycles. The molecule has 0 radical (unpaired) electrons. The Labute approximate surface area is 219 Å². The van der Waals surface area contributed by atoms with Gasteiger partial charge in [-0.1, -0.05) is 45.0 Å². The molecule has 0 aromatic rings. The number of allylic oxidation sites excluding steroid dienone is 1. The Morgan fingerprint density at radius 1 is 0.657 bits per heavy atom. The third-order valence-electron chi connectivity index (χ3n) is 4.00. The van der Waals surface area contributed by atoms with Crippen molar-refractivity contribution in [3.8, 4) is 0 Å². The van der Waals surface area contributed by atoms with Crippen molar-refractivity contribution in [2.75, 3.05) is 0 Å². The average Bonchev–Trinajstić information content (AvgIpc) is 2.77. The summed E-state index contributed by atoms with van der Waals surface area (Å²) in [5.41, 5.74) is 0. The zero-order chi connectivity index (χ0) is 28.3. The van der Waals surface area contributed by atoms with E-state index in [0.29, 0.717) is 6.04 Å². The van der Waals surface area contributed by atoms with Crippen molar-refractivity contribution in [1.82, 2.24) is 0 Å². The first-order chi connectivity index (χ1) is 15.8. The molecule has 0 rings (SSSR count). The van der Waals surface area contributed by atoms with Crippen molar-refractivity contribution in [2.24, 2.45) is 0 Å². The molecular weight excluding hydrogens is 657 g/mol. The van der Waals surface area contributed by atoms with Crippen LogP contribution < -0.4 is 0 Å². The van der Waals surface area contributed by atoms with Gasteiger partial charge in [-0.2, -0.15) is 0 Å². The molecule has 0 aliphatic rings. The van der Waals surface area contributed by atoms with E-state index in [9.17, 15) is 44.6 Å². The molecule has 0 N–H and O–H groups in total. The minimum Gasteiger partial charge on any atom is -0.578 e. The highest BCUT2D eigenvalue weighted by atomic mass is 30.1. The molecule has 0 bridgehead atoms. The van der Waals surface area contributed by atoms with Crippen LogP contribution in [0.15, 0.2) is 12.7 Å². The minimum absolute atomic E-state index is 0.572. The van der Waals surface area contributed by atoms with Gasteiger partial charge in [0.25, 0.3) is 0 Å². The van der Waals surface area contributed by atoms with Gasteiger partial charge in [-0.15, -0.1) is 6.58 Å². The lowest BCUT2D eigenvalue weighted by atomic mass is 10.4. The summed E-state index contributed by atoms with van der Waals surface area (Å²) in [7, 11) is -40.4. The number of hydrogen-bond donors (Lipinski definition) is 0. The second kappa shape index (κ2) is 16.9. The van der Waals surface area contributed by atoms with Crippen LogP contribution in [0.3, 0.4) is 0 Å².